The molecular formula is C21H21ClN6OS. The molecule has 0 aromatic carbocycles. The van der Waals surface area contributed by atoms with E-state index in [0.29, 0.717) is 13.1 Å². The van der Waals surface area contributed by atoms with E-state index >= 15 is 0 Å². The molecule has 0 radical (unpaired) electrons. The molecule has 0 saturated carbocycles. The number of anilines is 1. The number of halogens is 1. The van der Waals surface area contributed by atoms with Gasteiger partial charge in [-0.3, -0.25) is 4.79 Å². The summed E-state index contributed by atoms with van der Waals surface area (Å²) in [6.45, 7) is 7.25. The number of pyridine rings is 1. The van der Waals surface area contributed by atoms with Crippen molar-refractivity contribution in [2.75, 3.05) is 18.0 Å². The second kappa shape index (κ2) is 6.92. The smallest absolute Gasteiger partial charge is 0.227 e. The van der Waals surface area contributed by atoms with Crippen LogP contribution in [-0.2, 0) is 10.3 Å². The number of imidazole rings is 1. The fourth-order valence-electron chi connectivity index (χ4n) is 3.91. The summed E-state index contributed by atoms with van der Waals surface area (Å²) in [5.41, 5.74) is 2.12. The minimum Gasteiger partial charge on any atom is -0.354 e. The van der Waals surface area contributed by atoms with Gasteiger partial charge in [0.25, 0.3) is 0 Å². The SMILES string of the molecule is Cc1cc2nc(Cl)nc(N3CC(C(=O)NC(C)(C)c4cnc5ccccn45)C3)c2s1. The van der Waals surface area contributed by atoms with Crippen LogP contribution in [0.15, 0.2) is 36.7 Å². The van der Waals surface area contributed by atoms with E-state index in [9.17, 15) is 4.79 Å². The number of thiophene rings is 1. The molecule has 7 nitrogen and oxygen atoms in total. The Labute approximate surface area is 182 Å². The fourth-order valence-corrected chi connectivity index (χ4v) is 5.05. The van der Waals surface area contributed by atoms with Crippen molar-refractivity contribution in [2.24, 2.45) is 5.92 Å². The molecule has 1 aliphatic heterocycles. The zero-order valence-electron chi connectivity index (χ0n) is 16.9. The number of aryl methyl sites for hydroxylation is 1. The largest absolute Gasteiger partial charge is 0.354 e. The van der Waals surface area contributed by atoms with Crippen molar-refractivity contribution in [1.29, 1.82) is 0 Å². The Morgan fingerprint density at radius 1 is 1.30 bits per heavy atom. The van der Waals surface area contributed by atoms with Gasteiger partial charge >= 0.3 is 0 Å². The molecule has 5 rings (SSSR count). The van der Waals surface area contributed by atoms with Crippen molar-refractivity contribution in [3.63, 3.8) is 0 Å². The van der Waals surface area contributed by atoms with Gasteiger partial charge in [-0.1, -0.05) is 6.07 Å². The van der Waals surface area contributed by atoms with E-state index in [1.165, 1.54) is 0 Å². The normalized spacial score (nSPS) is 15.0. The maximum Gasteiger partial charge on any atom is 0.227 e. The third kappa shape index (κ3) is 3.20. The molecule has 0 atom stereocenters. The van der Waals surface area contributed by atoms with Crippen LogP contribution < -0.4 is 10.2 Å². The first-order valence-corrected chi connectivity index (χ1v) is 10.9. The molecule has 5 heterocycles. The Morgan fingerprint density at radius 2 is 2.10 bits per heavy atom. The molecule has 4 aromatic rings. The van der Waals surface area contributed by atoms with E-state index in [2.05, 4.69) is 25.2 Å². The number of rotatable bonds is 4. The van der Waals surface area contributed by atoms with Gasteiger partial charge in [-0.2, -0.15) is 4.98 Å². The van der Waals surface area contributed by atoms with Crippen molar-refractivity contribution in [3.8, 4) is 0 Å². The number of hydrogen-bond acceptors (Lipinski definition) is 6. The molecule has 0 spiro atoms. The van der Waals surface area contributed by atoms with E-state index in [0.717, 1.165) is 32.3 Å². The lowest BCUT2D eigenvalue weighted by atomic mass is 9.95. The van der Waals surface area contributed by atoms with Crippen LogP contribution in [-0.4, -0.2) is 38.3 Å². The van der Waals surface area contributed by atoms with E-state index in [1.54, 1.807) is 11.3 Å². The number of carbonyl (C=O) groups excluding carboxylic acids is 1. The first-order valence-electron chi connectivity index (χ1n) is 9.75. The second-order valence-electron chi connectivity index (χ2n) is 8.18. The fraction of sp³-hybridized carbons (Fsp3) is 0.333. The topological polar surface area (TPSA) is 75.4 Å². The van der Waals surface area contributed by atoms with Gasteiger partial charge < -0.3 is 14.6 Å². The molecule has 1 amide bonds. The summed E-state index contributed by atoms with van der Waals surface area (Å²) in [7, 11) is 0. The van der Waals surface area contributed by atoms with E-state index in [-0.39, 0.29) is 17.1 Å². The second-order valence-corrected chi connectivity index (χ2v) is 9.77. The van der Waals surface area contributed by atoms with Crippen LogP contribution in [0.5, 0.6) is 0 Å². The lowest BCUT2D eigenvalue weighted by Gasteiger charge is -2.40. The summed E-state index contributed by atoms with van der Waals surface area (Å²) < 4.78 is 3.02. The van der Waals surface area contributed by atoms with Crippen molar-refractivity contribution in [2.45, 2.75) is 26.3 Å². The van der Waals surface area contributed by atoms with Crippen LogP contribution in [0.25, 0.3) is 15.9 Å². The lowest BCUT2D eigenvalue weighted by molar-refractivity contribution is -0.127. The van der Waals surface area contributed by atoms with Gasteiger partial charge in [0.2, 0.25) is 11.2 Å². The Bertz CT molecular complexity index is 1270. The number of aromatic nitrogens is 4. The Morgan fingerprint density at radius 3 is 2.90 bits per heavy atom. The summed E-state index contributed by atoms with van der Waals surface area (Å²) in [4.78, 5) is 29.4. The predicted molar refractivity (Wildman–Crippen MR) is 119 cm³/mol. The number of carbonyl (C=O) groups is 1. The Balaban J connectivity index is 1.31. The number of nitrogens with one attached hydrogen (secondary N) is 1. The summed E-state index contributed by atoms with van der Waals surface area (Å²) in [5.74, 6) is 0.738. The maximum absolute atomic E-state index is 13.0. The number of hydrogen-bond donors (Lipinski definition) is 1. The van der Waals surface area contributed by atoms with E-state index < -0.39 is 5.54 Å². The summed E-state index contributed by atoms with van der Waals surface area (Å²) in [5, 5.41) is 3.43. The first kappa shape index (κ1) is 19.3. The third-order valence-electron chi connectivity index (χ3n) is 5.49. The molecule has 1 N–H and O–H groups in total. The quantitative estimate of drug-likeness (QED) is 0.488. The predicted octanol–water partition coefficient (Wildman–Crippen LogP) is 3.79. The van der Waals surface area contributed by atoms with Gasteiger partial charge in [0, 0.05) is 24.2 Å². The lowest BCUT2D eigenvalue weighted by Crippen LogP contribution is -2.57. The minimum absolute atomic E-state index is 0.0286. The van der Waals surface area contributed by atoms with Gasteiger partial charge in [-0.05, 0) is 50.6 Å². The molecule has 1 saturated heterocycles. The molecule has 0 unspecified atom stereocenters. The van der Waals surface area contributed by atoms with Crippen molar-refractivity contribution in [3.05, 3.63) is 52.5 Å². The van der Waals surface area contributed by atoms with Crippen LogP contribution in [0.3, 0.4) is 0 Å². The van der Waals surface area contributed by atoms with Gasteiger partial charge in [-0.15, -0.1) is 11.3 Å². The van der Waals surface area contributed by atoms with Crippen molar-refractivity contribution >= 4 is 50.5 Å². The molecule has 1 aliphatic rings. The van der Waals surface area contributed by atoms with Crippen LogP contribution in [0.2, 0.25) is 5.28 Å². The standard InChI is InChI=1S/C21H21ClN6OS/c1-12-8-14-17(30-12)18(25-20(22)24-14)27-10-13(11-27)19(29)26-21(2,3)15-9-23-16-6-4-5-7-28(15)16/h4-9,13H,10-11H2,1-3H3,(H,26,29). The summed E-state index contributed by atoms with van der Waals surface area (Å²) in [6.07, 6.45) is 3.78. The van der Waals surface area contributed by atoms with Crippen molar-refractivity contribution in [1.82, 2.24) is 24.7 Å². The molecule has 1 fully saturated rings. The molecular weight excluding hydrogens is 420 g/mol. The number of fused-ring (bicyclic) bond motifs is 2. The van der Waals surface area contributed by atoms with E-state index in [4.69, 9.17) is 11.6 Å². The Hall–Kier alpha value is -2.71. The van der Waals surface area contributed by atoms with Gasteiger partial charge in [-0.25, -0.2) is 9.97 Å². The average Bonchev–Trinajstić information content (AvgIpc) is 3.23. The monoisotopic (exact) mass is 440 g/mol. The zero-order valence-corrected chi connectivity index (χ0v) is 18.5. The molecule has 154 valence electrons. The highest BCUT2D eigenvalue weighted by Gasteiger charge is 2.38. The van der Waals surface area contributed by atoms with Gasteiger partial charge in [0.05, 0.1) is 33.6 Å². The van der Waals surface area contributed by atoms with Crippen LogP contribution in [0.4, 0.5) is 5.82 Å². The highest BCUT2D eigenvalue weighted by Crippen LogP contribution is 2.36. The molecule has 30 heavy (non-hydrogen) atoms. The zero-order chi connectivity index (χ0) is 21.0. The molecule has 4 aromatic heterocycles. The summed E-state index contributed by atoms with van der Waals surface area (Å²) in [6, 6.07) is 7.87. The molecule has 9 heteroatoms. The first-order chi connectivity index (χ1) is 14.3. The highest BCUT2D eigenvalue weighted by molar-refractivity contribution is 7.19. The van der Waals surface area contributed by atoms with Crippen LogP contribution in [0.1, 0.15) is 24.4 Å². The van der Waals surface area contributed by atoms with Crippen molar-refractivity contribution < 1.29 is 4.79 Å². The van der Waals surface area contributed by atoms with Gasteiger partial charge in [0.1, 0.15) is 5.65 Å². The number of amides is 1. The Kier molecular flexibility index (Phi) is 4.44. The maximum atomic E-state index is 13.0. The number of nitrogens with zero attached hydrogens (tertiary/aromatic N) is 5. The summed E-state index contributed by atoms with van der Waals surface area (Å²) >= 11 is 7.77. The minimum atomic E-state index is -0.547. The molecule has 0 aliphatic carbocycles. The van der Waals surface area contributed by atoms with Gasteiger partial charge in [0.15, 0.2) is 5.82 Å². The highest BCUT2D eigenvalue weighted by atomic mass is 35.5. The third-order valence-corrected chi connectivity index (χ3v) is 6.70. The molecule has 0 bridgehead atoms. The van der Waals surface area contributed by atoms with Crippen LogP contribution in [0, 0.1) is 12.8 Å². The van der Waals surface area contributed by atoms with Crippen LogP contribution >= 0.6 is 22.9 Å². The van der Waals surface area contributed by atoms with E-state index in [1.807, 2.05) is 61.8 Å². The average molecular weight is 441 g/mol.